The molecule has 0 spiro atoms. The number of anilines is 1. The zero-order valence-electron chi connectivity index (χ0n) is 20.0. The van der Waals surface area contributed by atoms with Gasteiger partial charge >= 0.3 is 6.03 Å². The first-order valence-corrected chi connectivity index (χ1v) is 13.2. The maximum absolute atomic E-state index is 12.8. The average Bonchev–Trinajstić information content (AvgIpc) is 3.52. The molecule has 1 aromatic heterocycles. The summed E-state index contributed by atoms with van der Waals surface area (Å²) in [5.41, 5.74) is 3.08. The van der Waals surface area contributed by atoms with Gasteiger partial charge in [-0.1, -0.05) is 19.4 Å². The molecule has 0 saturated carbocycles. The van der Waals surface area contributed by atoms with Crippen LogP contribution in [0.2, 0.25) is 0 Å². The Balaban J connectivity index is 1.26. The molecule has 180 valence electrons. The Morgan fingerprint density at radius 3 is 2.52 bits per heavy atom. The van der Waals surface area contributed by atoms with E-state index in [2.05, 4.69) is 39.2 Å². The summed E-state index contributed by atoms with van der Waals surface area (Å²) in [7, 11) is 1.68. The molecule has 0 unspecified atom stereocenters. The van der Waals surface area contributed by atoms with Crippen LogP contribution in [0.15, 0.2) is 23.6 Å². The summed E-state index contributed by atoms with van der Waals surface area (Å²) in [6.07, 6.45) is 6.04. The Bertz CT molecular complexity index is 904. The summed E-state index contributed by atoms with van der Waals surface area (Å²) < 4.78 is 5.55. The second-order valence-corrected chi connectivity index (χ2v) is 9.84. The van der Waals surface area contributed by atoms with Crippen LogP contribution in [0.5, 0.6) is 5.75 Å². The molecule has 2 aliphatic heterocycles. The quantitative estimate of drug-likeness (QED) is 0.587. The van der Waals surface area contributed by atoms with E-state index in [0.29, 0.717) is 5.13 Å². The highest BCUT2D eigenvalue weighted by molar-refractivity contribution is 7.14. The number of rotatable bonds is 9. The van der Waals surface area contributed by atoms with Crippen LogP contribution in [-0.4, -0.2) is 85.2 Å². The molecule has 2 saturated heterocycles. The lowest BCUT2D eigenvalue weighted by Crippen LogP contribution is -2.50. The highest BCUT2D eigenvalue weighted by Crippen LogP contribution is 2.33. The molecule has 0 radical (unpaired) electrons. The number of methoxy groups -OCH3 is 1. The van der Waals surface area contributed by atoms with E-state index < -0.39 is 0 Å². The lowest BCUT2D eigenvalue weighted by Gasteiger charge is -2.34. The van der Waals surface area contributed by atoms with Crippen LogP contribution in [0.4, 0.5) is 9.93 Å². The van der Waals surface area contributed by atoms with Gasteiger partial charge in [-0.05, 0) is 69.6 Å². The van der Waals surface area contributed by atoms with Crippen LogP contribution < -0.4 is 10.1 Å². The molecule has 33 heavy (non-hydrogen) atoms. The van der Waals surface area contributed by atoms with E-state index >= 15 is 0 Å². The maximum atomic E-state index is 12.8. The first kappa shape index (κ1) is 24.0. The van der Waals surface area contributed by atoms with Gasteiger partial charge in [0.2, 0.25) is 0 Å². The summed E-state index contributed by atoms with van der Waals surface area (Å²) in [6.45, 7) is 10.5. The smallest absolute Gasteiger partial charge is 0.323 e. The average molecular weight is 472 g/mol. The molecule has 2 fully saturated rings. The minimum Gasteiger partial charge on any atom is -0.496 e. The topological polar surface area (TPSA) is 60.9 Å². The Morgan fingerprint density at radius 2 is 1.82 bits per heavy atom. The van der Waals surface area contributed by atoms with Gasteiger partial charge in [0.25, 0.3) is 0 Å². The minimum absolute atomic E-state index is 0.0562. The van der Waals surface area contributed by atoms with Gasteiger partial charge in [0.05, 0.1) is 12.8 Å². The Kier molecular flexibility index (Phi) is 8.58. The number of carbonyl (C=O) groups is 1. The summed E-state index contributed by atoms with van der Waals surface area (Å²) in [5, 5.41) is 5.62. The third kappa shape index (κ3) is 6.46. The van der Waals surface area contributed by atoms with Crippen LogP contribution in [0.25, 0.3) is 11.3 Å². The van der Waals surface area contributed by atoms with Crippen molar-refractivity contribution in [2.45, 2.75) is 39.0 Å². The summed E-state index contributed by atoms with van der Waals surface area (Å²) >= 11 is 1.46. The fourth-order valence-corrected chi connectivity index (χ4v) is 5.42. The van der Waals surface area contributed by atoms with E-state index in [1.807, 2.05) is 16.3 Å². The number of carbonyl (C=O) groups excluding carboxylic acids is 1. The number of nitrogens with zero attached hydrogens (tertiary/aromatic N) is 4. The molecule has 0 aliphatic carbocycles. The van der Waals surface area contributed by atoms with Gasteiger partial charge in [-0.15, -0.1) is 11.3 Å². The van der Waals surface area contributed by atoms with E-state index in [1.165, 1.54) is 55.8 Å². The van der Waals surface area contributed by atoms with Gasteiger partial charge in [-0.2, -0.15) is 0 Å². The van der Waals surface area contributed by atoms with Crippen molar-refractivity contribution in [1.82, 2.24) is 19.7 Å². The molecule has 2 aliphatic rings. The fourth-order valence-electron chi connectivity index (χ4n) is 4.72. The van der Waals surface area contributed by atoms with Gasteiger partial charge in [0.15, 0.2) is 5.13 Å². The molecule has 1 aromatic carbocycles. The number of benzene rings is 1. The number of likely N-dealkylation sites (tertiary alicyclic amines) is 1. The van der Waals surface area contributed by atoms with E-state index in [4.69, 9.17) is 4.74 Å². The van der Waals surface area contributed by atoms with Crippen molar-refractivity contribution in [3.8, 4) is 17.0 Å². The van der Waals surface area contributed by atoms with Gasteiger partial charge in [0, 0.05) is 37.1 Å². The molecule has 4 rings (SSSR count). The molecule has 3 heterocycles. The number of aromatic nitrogens is 1. The van der Waals surface area contributed by atoms with E-state index in [9.17, 15) is 4.79 Å². The molecule has 0 bridgehead atoms. The zero-order chi connectivity index (χ0) is 23.0. The van der Waals surface area contributed by atoms with E-state index in [-0.39, 0.29) is 6.03 Å². The number of ether oxygens (including phenoxy) is 1. The summed E-state index contributed by atoms with van der Waals surface area (Å²) in [4.78, 5) is 24.4. The normalized spacial score (nSPS) is 17.5. The van der Waals surface area contributed by atoms with Gasteiger partial charge in [-0.25, -0.2) is 9.78 Å². The van der Waals surface area contributed by atoms with Crippen molar-refractivity contribution in [3.63, 3.8) is 0 Å². The standard InChI is InChI=1S/C25H37N5O2S/c1-3-7-20-8-9-23(32-2)21(18-20)22-19-33-24(26-22)27-25(31)30-16-14-29(15-17-30)13-6-12-28-10-4-5-11-28/h8-9,18-19H,3-7,10-17H2,1-2H3,(H,26,27,31). The molecule has 2 amide bonds. The molecule has 8 heteroatoms. The van der Waals surface area contributed by atoms with Crippen molar-refractivity contribution >= 4 is 22.5 Å². The number of piperazine rings is 1. The molecule has 7 nitrogen and oxygen atoms in total. The van der Waals surface area contributed by atoms with Crippen LogP contribution in [0, 0.1) is 0 Å². The lowest BCUT2D eigenvalue weighted by molar-refractivity contribution is 0.143. The number of aryl methyl sites for hydroxylation is 1. The van der Waals surface area contributed by atoms with E-state index in [1.54, 1.807) is 7.11 Å². The fraction of sp³-hybridized carbons (Fsp3) is 0.600. The van der Waals surface area contributed by atoms with Crippen molar-refractivity contribution in [2.75, 3.05) is 64.8 Å². The highest BCUT2D eigenvalue weighted by Gasteiger charge is 2.22. The molecule has 1 N–H and O–H groups in total. The van der Waals surface area contributed by atoms with Gasteiger partial charge < -0.3 is 14.5 Å². The predicted molar refractivity (Wildman–Crippen MR) is 135 cm³/mol. The number of hydrogen-bond acceptors (Lipinski definition) is 6. The number of thiazole rings is 1. The van der Waals surface area contributed by atoms with Crippen molar-refractivity contribution in [3.05, 3.63) is 29.1 Å². The van der Waals surface area contributed by atoms with Crippen LogP contribution in [-0.2, 0) is 6.42 Å². The van der Waals surface area contributed by atoms with Gasteiger partial charge in [-0.3, -0.25) is 10.2 Å². The second-order valence-electron chi connectivity index (χ2n) is 8.98. The maximum Gasteiger partial charge on any atom is 0.323 e. The van der Waals surface area contributed by atoms with Crippen molar-refractivity contribution in [1.29, 1.82) is 0 Å². The molecule has 0 atom stereocenters. The third-order valence-corrected chi connectivity index (χ3v) is 7.36. The second kappa shape index (κ2) is 11.8. The molecule has 2 aromatic rings. The van der Waals surface area contributed by atoms with Crippen LogP contribution in [0.1, 0.15) is 38.2 Å². The lowest BCUT2D eigenvalue weighted by atomic mass is 10.0. The predicted octanol–water partition coefficient (Wildman–Crippen LogP) is 4.41. The van der Waals surface area contributed by atoms with Crippen molar-refractivity contribution < 1.29 is 9.53 Å². The Hall–Kier alpha value is -2.16. The number of urea groups is 1. The number of hydrogen-bond donors (Lipinski definition) is 1. The first-order chi connectivity index (χ1) is 16.2. The third-order valence-electron chi connectivity index (χ3n) is 6.60. The minimum atomic E-state index is -0.0562. The first-order valence-electron chi connectivity index (χ1n) is 12.3. The van der Waals surface area contributed by atoms with Crippen LogP contribution in [0.3, 0.4) is 0 Å². The van der Waals surface area contributed by atoms with E-state index in [0.717, 1.165) is 62.6 Å². The monoisotopic (exact) mass is 471 g/mol. The SMILES string of the molecule is CCCc1ccc(OC)c(-c2csc(NC(=O)N3CCN(CCCN4CCCC4)CC3)n2)c1. The summed E-state index contributed by atoms with van der Waals surface area (Å²) in [5.74, 6) is 0.805. The van der Waals surface area contributed by atoms with Gasteiger partial charge in [0.1, 0.15) is 5.75 Å². The van der Waals surface area contributed by atoms with Crippen LogP contribution >= 0.6 is 11.3 Å². The number of nitrogens with one attached hydrogen (secondary N) is 1. The Labute approximate surface area is 201 Å². The molecular weight excluding hydrogens is 434 g/mol. The number of amides is 2. The largest absolute Gasteiger partial charge is 0.496 e. The highest BCUT2D eigenvalue weighted by atomic mass is 32.1. The molecular formula is C25H37N5O2S. The summed E-state index contributed by atoms with van der Waals surface area (Å²) in [6, 6.07) is 6.20. The Morgan fingerprint density at radius 1 is 1.09 bits per heavy atom. The van der Waals surface area contributed by atoms with Crippen molar-refractivity contribution in [2.24, 2.45) is 0 Å². The zero-order valence-corrected chi connectivity index (χ0v) is 20.8.